The number of carbonyl (C=O) groups is 1. The number of halogens is 1. The van der Waals surface area contributed by atoms with Gasteiger partial charge in [-0.3, -0.25) is 4.79 Å². The van der Waals surface area contributed by atoms with Gasteiger partial charge in [-0.2, -0.15) is 0 Å². The summed E-state index contributed by atoms with van der Waals surface area (Å²) in [5, 5.41) is 3.31. The van der Waals surface area contributed by atoms with Crippen LogP contribution in [0.1, 0.15) is 36.1 Å². The molecular formula is C21H25FN2O. The first-order valence-corrected chi connectivity index (χ1v) is 9.01. The van der Waals surface area contributed by atoms with Crippen LogP contribution in [0.15, 0.2) is 48.5 Å². The fraction of sp³-hybridized carbons (Fsp3) is 0.381. The van der Waals surface area contributed by atoms with Gasteiger partial charge in [-0.25, -0.2) is 4.39 Å². The maximum atomic E-state index is 13.6. The molecule has 4 heteroatoms. The number of rotatable bonds is 5. The third-order valence-electron chi connectivity index (χ3n) is 4.86. The Kier molecular flexibility index (Phi) is 5.82. The molecule has 0 bridgehead atoms. The van der Waals surface area contributed by atoms with E-state index in [0.29, 0.717) is 19.5 Å². The molecule has 3 nitrogen and oxygen atoms in total. The van der Waals surface area contributed by atoms with Crippen molar-refractivity contribution in [2.24, 2.45) is 0 Å². The number of benzene rings is 2. The summed E-state index contributed by atoms with van der Waals surface area (Å²) < 4.78 is 13.6. The van der Waals surface area contributed by atoms with Crippen molar-refractivity contribution in [2.75, 3.05) is 19.6 Å². The number of carbonyl (C=O) groups excluding carboxylic acids is 1. The molecule has 0 aliphatic carbocycles. The van der Waals surface area contributed by atoms with E-state index in [9.17, 15) is 9.18 Å². The standard InChI is InChI=1S/C21H25FN2O/c1-2-16-6-8-17(9-7-16)10-11-21(25)24-13-12-23-15-20(24)18-4-3-5-19(22)14-18/h3-9,14,20,23H,2,10-13,15H2,1H3. The van der Waals surface area contributed by atoms with Crippen LogP contribution >= 0.6 is 0 Å². The molecular weight excluding hydrogens is 315 g/mol. The molecule has 132 valence electrons. The molecule has 0 saturated carbocycles. The lowest BCUT2D eigenvalue weighted by Gasteiger charge is -2.36. The van der Waals surface area contributed by atoms with Crippen LogP contribution in [0.2, 0.25) is 0 Å². The van der Waals surface area contributed by atoms with Crippen LogP contribution in [0, 0.1) is 5.82 Å². The van der Waals surface area contributed by atoms with Crippen molar-refractivity contribution < 1.29 is 9.18 Å². The van der Waals surface area contributed by atoms with E-state index in [4.69, 9.17) is 0 Å². The fourth-order valence-corrected chi connectivity index (χ4v) is 3.35. The predicted octanol–water partition coefficient (Wildman–Crippen LogP) is 3.49. The second-order valence-corrected chi connectivity index (χ2v) is 6.53. The minimum atomic E-state index is -0.258. The van der Waals surface area contributed by atoms with E-state index in [0.717, 1.165) is 24.9 Å². The summed E-state index contributed by atoms with van der Waals surface area (Å²) in [4.78, 5) is 14.7. The third-order valence-corrected chi connectivity index (χ3v) is 4.86. The molecule has 1 heterocycles. The van der Waals surface area contributed by atoms with E-state index in [2.05, 4.69) is 36.5 Å². The van der Waals surface area contributed by atoms with Crippen molar-refractivity contribution in [1.29, 1.82) is 0 Å². The normalized spacial score (nSPS) is 17.5. The molecule has 1 N–H and O–H groups in total. The smallest absolute Gasteiger partial charge is 0.223 e. The molecule has 1 saturated heterocycles. The number of nitrogens with zero attached hydrogens (tertiary/aromatic N) is 1. The summed E-state index contributed by atoms with van der Waals surface area (Å²) in [5.74, 6) is -0.123. The molecule has 1 fully saturated rings. The number of hydrogen-bond acceptors (Lipinski definition) is 2. The van der Waals surface area contributed by atoms with E-state index >= 15 is 0 Å². The lowest BCUT2D eigenvalue weighted by Crippen LogP contribution is -2.48. The molecule has 2 aromatic rings. The van der Waals surface area contributed by atoms with Gasteiger partial charge in [0.2, 0.25) is 5.91 Å². The van der Waals surface area contributed by atoms with Crippen LogP contribution in [-0.2, 0) is 17.6 Å². The Hall–Kier alpha value is -2.20. The summed E-state index contributed by atoms with van der Waals surface area (Å²) >= 11 is 0. The fourth-order valence-electron chi connectivity index (χ4n) is 3.35. The predicted molar refractivity (Wildman–Crippen MR) is 97.9 cm³/mol. The van der Waals surface area contributed by atoms with Crippen LogP contribution in [0.25, 0.3) is 0 Å². The lowest BCUT2D eigenvalue weighted by molar-refractivity contribution is -0.134. The van der Waals surface area contributed by atoms with Gasteiger partial charge in [0, 0.05) is 26.1 Å². The van der Waals surface area contributed by atoms with Crippen LogP contribution in [0.3, 0.4) is 0 Å². The van der Waals surface area contributed by atoms with Crippen LogP contribution in [-0.4, -0.2) is 30.4 Å². The van der Waals surface area contributed by atoms with Gasteiger partial charge in [0.05, 0.1) is 6.04 Å². The SMILES string of the molecule is CCc1ccc(CCC(=O)N2CCNCC2c2cccc(F)c2)cc1. The molecule has 0 radical (unpaired) electrons. The highest BCUT2D eigenvalue weighted by molar-refractivity contribution is 5.77. The Balaban J connectivity index is 1.66. The first-order chi connectivity index (χ1) is 12.2. The van der Waals surface area contributed by atoms with Crippen molar-refractivity contribution in [3.05, 3.63) is 71.0 Å². The van der Waals surface area contributed by atoms with Crippen molar-refractivity contribution in [3.63, 3.8) is 0 Å². The molecule has 1 amide bonds. The molecule has 3 rings (SSSR count). The average molecular weight is 340 g/mol. The number of hydrogen-bond donors (Lipinski definition) is 1. The van der Waals surface area contributed by atoms with Gasteiger partial charge < -0.3 is 10.2 Å². The van der Waals surface area contributed by atoms with Gasteiger partial charge in [0.15, 0.2) is 0 Å². The van der Waals surface area contributed by atoms with Crippen LogP contribution in [0.5, 0.6) is 0 Å². The monoisotopic (exact) mass is 340 g/mol. The first-order valence-electron chi connectivity index (χ1n) is 9.01. The van der Waals surface area contributed by atoms with Gasteiger partial charge in [0.1, 0.15) is 5.82 Å². The number of nitrogens with one attached hydrogen (secondary N) is 1. The number of amides is 1. The molecule has 0 aromatic heterocycles. The highest BCUT2D eigenvalue weighted by Gasteiger charge is 2.27. The minimum Gasteiger partial charge on any atom is -0.333 e. The lowest BCUT2D eigenvalue weighted by atomic mass is 10.0. The van der Waals surface area contributed by atoms with E-state index in [1.165, 1.54) is 23.3 Å². The number of piperazine rings is 1. The van der Waals surface area contributed by atoms with E-state index in [-0.39, 0.29) is 17.8 Å². The van der Waals surface area contributed by atoms with Crippen molar-refractivity contribution in [1.82, 2.24) is 10.2 Å². The molecule has 1 aliphatic rings. The van der Waals surface area contributed by atoms with Crippen molar-refractivity contribution >= 4 is 5.91 Å². The van der Waals surface area contributed by atoms with E-state index in [1.807, 2.05) is 11.0 Å². The molecule has 0 spiro atoms. The second-order valence-electron chi connectivity index (χ2n) is 6.53. The van der Waals surface area contributed by atoms with E-state index in [1.54, 1.807) is 6.07 Å². The minimum absolute atomic E-state index is 0.0978. The largest absolute Gasteiger partial charge is 0.333 e. The highest BCUT2D eigenvalue weighted by atomic mass is 19.1. The Bertz CT molecular complexity index is 714. The van der Waals surface area contributed by atoms with Gasteiger partial charge >= 0.3 is 0 Å². The van der Waals surface area contributed by atoms with E-state index < -0.39 is 0 Å². The Labute approximate surface area is 148 Å². The highest BCUT2D eigenvalue weighted by Crippen LogP contribution is 2.24. The van der Waals surface area contributed by atoms with Gasteiger partial charge in [-0.15, -0.1) is 0 Å². The average Bonchev–Trinajstić information content (AvgIpc) is 2.66. The Morgan fingerprint density at radius 1 is 1.20 bits per heavy atom. The maximum Gasteiger partial charge on any atom is 0.223 e. The zero-order valence-corrected chi connectivity index (χ0v) is 14.7. The number of aryl methyl sites for hydroxylation is 2. The summed E-state index contributed by atoms with van der Waals surface area (Å²) in [7, 11) is 0. The van der Waals surface area contributed by atoms with Gasteiger partial charge in [-0.05, 0) is 41.7 Å². The summed E-state index contributed by atoms with van der Waals surface area (Å²) in [6, 6.07) is 14.9. The molecule has 25 heavy (non-hydrogen) atoms. The molecule has 1 unspecified atom stereocenters. The maximum absolute atomic E-state index is 13.6. The topological polar surface area (TPSA) is 32.3 Å². The molecule has 2 aromatic carbocycles. The van der Waals surface area contributed by atoms with Crippen molar-refractivity contribution in [3.8, 4) is 0 Å². The second kappa shape index (κ2) is 8.26. The van der Waals surface area contributed by atoms with Crippen molar-refractivity contribution in [2.45, 2.75) is 32.2 Å². The molecule has 1 atom stereocenters. The molecule has 1 aliphatic heterocycles. The zero-order valence-electron chi connectivity index (χ0n) is 14.7. The van der Waals surface area contributed by atoms with Crippen LogP contribution in [0.4, 0.5) is 4.39 Å². The zero-order chi connectivity index (χ0) is 17.6. The van der Waals surface area contributed by atoms with Gasteiger partial charge in [0.25, 0.3) is 0 Å². The Morgan fingerprint density at radius 3 is 2.68 bits per heavy atom. The van der Waals surface area contributed by atoms with Crippen LogP contribution < -0.4 is 5.32 Å². The summed E-state index contributed by atoms with van der Waals surface area (Å²) in [6.45, 7) is 4.24. The third kappa shape index (κ3) is 4.45. The van der Waals surface area contributed by atoms with Gasteiger partial charge in [-0.1, -0.05) is 43.3 Å². The first kappa shape index (κ1) is 17.6. The summed E-state index contributed by atoms with van der Waals surface area (Å²) in [6.07, 6.45) is 2.25. The Morgan fingerprint density at radius 2 is 1.96 bits per heavy atom. The quantitative estimate of drug-likeness (QED) is 0.904. The summed E-state index contributed by atoms with van der Waals surface area (Å²) in [5.41, 5.74) is 3.35.